The summed E-state index contributed by atoms with van der Waals surface area (Å²) < 4.78 is 1.32. The standard InChI is InChI=1S/C20H19N5S/c21-16-4-3-12(7-19(16)25-22)24-17-5-6-23-18-8-13-15(11-1-2-11)10-26-20(13)9-14(17)18/h3-11,25H,1-2,21-22H2,(H,23,24). The van der Waals surface area contributed by atoms with Gasteiger partial charge in [0.25, 0.3) is 0 Å². The van der Waals surface area contributed by atoms with Crippen molar-refractivity contribution in [3.63, 3.8) is 0 Å². The van der Waals surface area contributed by atoms with E-state index < -0.39 is 0 Å². The van der Waals surface area contributed by atoms with Crippen LogP contribution in [0, 0.1) is 0 Å². The van der Waals surface area contributed by atoms with Crippen LogP contribution >= 0.6 is 11.3 Å². The second-order valence-corrected chi connectivity index (χ2v) is 7.67. The third-order valence-electron chi connectivity index (χ3n) is 4.97. The normalized spacial score (nSPS) is 14.0. The number of fused-ring (bicyclic) bond motifs is 2. The number of pyridine rings is 1. The minimum absolute atomic E-state index is 0.616. The average molecular weight is 361 g/mol. The van der Waals surface area contributed by atoms with Crippen molar-refractivity contribution in [3.8, 4) is 0 Å². The van der Waals surface area contributed by atoms with E-state index in [0.29, 0.717) is 11.4 Å². The molecule has 0 spiro atoms. The zero-order valence-electron chi connectivity index (χ0n) is 14.1. The number of nitrogens with one attached hydrogen (secondary N) is 2. The number of hydrogen-bond donors (Lipinski definition) is 4. The van der Waals surface area contributed by atoms with Gasteiger partial charge < -0.3 is 16.5 Å². The Morgan fingerprint density at radius 1 is 1.04 bits per heavy atom. The van der Waals surface area contributed by atoms with E-state index >= 15 is 0 Å². The van der Waals surface area contributed by atoms with Gasteiger partial charge in [-0.05, 0) is 71.5 Å². The Bertz CT molecular complexity index is 1130. The molecule has 0 atom stereocenters. The lowest BCUT2D eigenvalue weighted by molar-refractivity contribution is 1.16. The first-order valence-electron chi connectivity index (χ1n) is 8.66. The summed E-state index contributed by atoms with van der Waals surface area (Å²) in [5.41, 5.74) is 14.3. The molecule has 0 bridgehead atoms. The largest absolute Gasteiger partial charge is 0.397 e. The van der Waals surface area contributed by atoms with Gasteiger partial charge in [-0.1, -0.05) is 0 Å². The van der Waals surface area contributed by atoms with Crippen molar-refractivity contribution in [2.45, 2.75) is 18.8 Å². The molecule has 2 heterocycles. The molecule has 130 valence electrons. The Labute approximate surface area is 155 Å². The van der Waals surface area contributed by atoms with Gasteiger partial charge in [-0.3, -0.25) is 10.8 Å². The van der Waals surface area contributed by atoms with E-state index in [1.165, 1.54) is 28.5 Å². The van der Waals surface area contributed by atoms with Crippen LogP contribution in [0.5, 0.6) is 0 Å². The Kier molecular flexibility index (Phi) is 3.48. The number of nitrogen functional groups attached to an aromatic ring is 2. The molecule has 0 aliphatic heterocycles. The van der Waals surface area contributed by atoms with E-state index in [4.69, 9.17) is 11.6 Å². The zero-order chi connectivity index (χ0) is 17.7. The van der Waals surface area contributed by atoms with E-state index in [9.17, 15) is 0 Å². The third-order valence-corrected chi connectivity index (χ3v) is 5.94. The number of hydrazine groups is 1. The van der Waals surface area contributed by atoms with Crippen LogP contribution in [0.1, 0.15) is 24.3 Å². The number of benzene rings is 2. The van der Waals surface area contributed by atoms with Crippen LogP contribution in [0.4, 0.5) is 22.7 Å². The molecule has 1 saturated carbocycles. The molecule has 4 aromatic rings. The van der Waals surface area contributed by atoms with Crippen molar-refractivity contribution in [1.82, 2.24) is 4.98 Å². The molecule has 6 N–H and O–H groups in total. The lowest BCUT2D eigenvalue weighted by Gasteiger charge is -2.12. The van der Waals surface area contributed by atoms with E-state index in [-0.39, 0.29) is 0 Å². The van der Waals surface area contributed by atoms with Crippen molar-refractivity contribution >= 4 is 55.1 Å². The molecule has 0 amide bonds. The maximum atomic E-state index is 5.90. The van der Waals surface area contributed by atoms with Crippen molar-refractivity contribution in [1.29, 1.82) is 0 Å². The van der Waals surface area contributed by atoms with Gasteiger partial charge in [0, 0.05) is 27.7 Å². The molecular formula is C20H19N5S. The van der Waals surface area contributed by atoms with Gasteiger partial charge in [-0.15, -0.1) is 11.3 Å². The number of nitrogens with two attached hydrogens (primary N) is 2. The van der Waals surface area contributed by atoms with Gasteiger partial charge in [0.1, 0.15) is 0 Å². The Morgan fingerprint density at radius 2 is 1.92 bits per heavy atom. The first-order valence-corrected chi connectivity index (χ1v) is 9.54. The zero-order valence-corrected chi connectivity index (χ0v) is 14.9. The molecule has 2 aromatic carbocycles. The maximum absolute atomic E-state index is 5.90. The van der Waals surface area contributed by atoms with Gasteiger partial charge in [0.2, 0.25) is 0 Å². The number of rotatable bonds is 4. The van der Waals surface area contributed by atoms with Crippen molar-refractivity contribution in [2.24, 2.45) is 5.84 Å². The fourth-order valence-electron chi connectivity index (χ4n) is 3.42. The van der Waals surface area contributed by atoms with E-state index in [1.54, 1.807) is 0 Å². The van der Waals surface area contributed by atoms with E-state index in [2.05, 4.69) is 33.2 Å². The minimum Gasteiger partial charge on any atom is -0.397 e. The lowest BCUT2D eigenvalue weighted by atomic mass is 10.1. The van der Waals surface area contributed by atoms with Crippen LogP contribution in [-0.4, -0.2) is 4.98 Å². The highest BCUT2D eigenvalue weighted by Gasteiger charge is 2.26. The third kappa shape index (κ3) is 2.55. The molecule has 5 rings (SSSR count). The summed E-state index contributed by atoms with van der Waals surface area (Å²) in [6, 6.07) is 12.1. The fourth-order valence-corrected chi connectivity index (χ4v) is 4.48. The van der Waals surface area contributed by atoms with Crippen molar-refractivity contribution in [3.05, 3.63) is 53.5 Å². The van der Waals surface area contributed by atoms with Crippen molar-refractivity contribution in [2.75, 3.05) is 16.5 Å². The smallest absolute Gasteiger partial charge is 0.0736 e. The van der Waals surface area contributed by atoms with Crippen LogP contribution in [0.25, 0.3) is 21.0 Å². The number of aromatic nitrogens is 1. The van der Waals surface area contributed by atoms with E-state index in [0.717, 1.165) is 28.2 Å². The molecule has 1 fully saturated rings. The topological polar surface area (TPSA) is 89.0 Å². The minimum atomic E-state index is 0.616. The predicted octanol–water partition coefficient (Wildman–Crippen LogP) is 4.94. The highest BCUT2D eigenvalue weighted by atomic mass is 32.1. The Hall–Kier alpha value is -2.83. The quantitative estimate of drug-likeness (QED) is 0.235. The number of hydrogen-bond acceptors (Lipinski definition) is 6. The van der Waals surface area contributed by atoms with Gasteiger partial charge in [-0.25, -0.2) is 0 Å². The van der Waals surface area contributed by atoms with Gasteiger partial charge >= 0.3 is 0 Å². The summed E-state index contributed by atoms with van der Waals surface area (Å²) in [4.78, 5) is 4.59. The van der Waals surface area contributed by atoms with Gasteiger partial charge in [0.15, 0.2) is 0 Å². The molecule has 1 aliphatic rings. The monoisotopic (exact) mass is 361 g/mol. The summed E-state index contributed by atoms with van der Waals surface area (Å²) in [5.74, 6) is 6.28. The summed E-state index contributed by atoms with van der Waals surface area (Å²) >= 11 is 1.82. The average Bonchev–Trinajstić information content (AvgIpc) is 3.42. The van der Waals surface area contributed by atoms with Crippen molar-refractivity contribution < 1.29 is 0 Å². The predicted molar refractivity (Wildman–Crippen MR) is 111 cm³/mol. The Balaban J connectivity index is 1.60. The summed E-state index contributed by atoms with van der Waals surface area (Å²) in [6.07, 6.45) is 4.47. The van der Waals surface area contributed by atoms with Crippen LogP contribution in [0.3, 0.4) is 0 Å². The van der Waals surface area contributed by atoms with E-state index in [1.807, 2.05) is 41.8 Å². The first-order chi connectivity index (χ1) is 12.7. The molecule has 26 heavy (non-hydrogen) atoms. The van der Waals surface area contributed by atoms with Crippen LogP contribution < -0.4 is 22.3 Å². The lowest BCUT2D eigenvalue weighted by Crippen LogP contribution is -2.09. The highest BCUT2D eigenvalue weighted by Crippen LogP contribution is 2.46. The number of anilines is 4. The maximum Gasteiger partial charge on any atom is 0.0736 e. The number of nitrogens with zero attached hydrogens (tertiary/aromatic N) is 1. The molecule has 5 nitrogen and oxygen atoms in total. The SMILES string of the molecule is NNc1cc(Nc2ccnc3cc4c(C5CC5)csc4cc23)ccc1N. The summed E-state index contributed by atoms with van der Waals surface area (Å²) in [6.45, 7) is 0. The van der Waals surface area contributed by atoms with Crippen LogP contribution in [0.15, 0.2) is 48.0 Å². The van der Waals surface area contributed by atoms with Gasteiger partial charge in [0.05, 0.1) is 16.9 Å². The van der Waals surface area contributed by atoms with Crippen LogP contribution in [-0.2, 0) is 0 Å². The molecule has 0 unspecified atom stereocenters. The second-order valence-electron chi connectivity index (χ2n) is 6.76. The van der Waals surface area contributed by atoms with Crippen LogP contribution in [0.2, 0.25) is 0 Å². The molecule has 1 aliphatic carbocycles. The summed E-state index contributed by atoms with van der Waals surface area (Å²) in [7, 11) is 0. The number of thiophene rings is 1. The molecule has 2 aromatic heterocycles. The fraction of sp³-hybridized carbons (Fsp3) is 0.150. The summed E-state index contributed by atoms with van der Waals surface area (Å²) in [5, 5.41) is 8.25. The molecule has 0 radical (unpaired) electrons. The molecule has 6 heteroatoms. The Morgan fingerprint density at radius 3 is 2.73 bits per heavy atom. The first kappa shape index (κ1) is 15.4. The molecule has 0 saturated heterocycles. The highest BCUT2D eigenvalue weighted by molar-refractivity contribution is 7.17. The molecular weight excluding hydrogens is 342 g/mol. The van der Waals surface area contributed by atoms with Gasteiger partial charge in [-0.2, -0.15) is 0 Å². The second kappa shape index (κ2) is 5.86.